The minimum Gasteiger partial charge on any atom is -0.170 e. The molecule has 0 fully saturated rings. The average molecular weight is 220 g/mol. The van der Waals surface area contributed by atoms with E-state index in [4.69, 9.17) is 12.6 Å². The van der Waals surface area contributed by atoms with E-state index in [1.807, 2.05) is 30.4 Å². The topological polar surface area (TPSA) is 0 Å². The molecule has 0 heterocycles. The summed E-state index contributed by atoms with van der Waals surface area (Å²) in [4.78, 5) is 0. The van der Waals surface area contributed by atoms with Crippen LogP contribution in [-0.4, -0.2) is 5.25 Å². The van der Waals surface area contributed by atoms with Gasteiger partial charge in [-0.2, -0.15) is 25.3 Å². The lowest BCUT2D eigenvalue weighted by Gasteiger charge is -2.31. The number of benzene rings is 1. The molecule has 1 aromatic carbocycles. The van der Waals surface area contributed by atoms with Crippen molar-refractivity contribution in [2.24, 2.45) is 0 Å². The van der Waals surface area contributed by atoms with E-state index < -0.39 is 0 Å². The maximum absolute atomic E-state index is 4.72. The monoisotopic (exact) mass is 220 g/mol. The fourth-order valence-corrected chi connectivity index (χ4v) is 2.24. The summed E-state index contributed by atoms with van der Waals surface area (Å²) in [5, 5.41) is 0.123. The van der Waals surface area contributed by atoms with Crippen LogP contribution >= 0.6 is 25.3 Å². The fourth-order valence-electron chi connectivity index (χ4n) is 1.59. The summed E-state index contributed by atoms with van der Waals surface area (Å²) in [5.74, 6) is 0. The zero-order valence-electron chi connectivity index (χ0n) is 7.67. The Morgan fingerprint density at radius 2 is 1.79 bits per heavy atom. The van der Waals surface area contributed by atoms with Gasteiger partial charge in [0.1, 0.15) is 0 Å². The van der Waals surface area contributed by atoms with E-state index in [-0.39, 0.29) is 10.00 Å². The first-order valence-corrected chi connectivity index (χ1v) is 5.52. The van der Waals surface area contributed by atoms with Crippen LogP contribution in [0.2, 0.25) is 0 Å². The predicted octanol–water partition coefficient (Wildman–Crippen LogP) is 3.24. The lowest BCUT2D eigenvalue weighted by Crippen LogP contribution is -2.28. The molecule has 14 heavy (non-hydrogen) atoms. The van der Waals surface area contributed by atoms with Gasteiger partial charge in [0.25, 0.3) is 0 Å². The second-order valence-electron chi connectivity index (χ2n) is 3.38. The minimum atomic E-state index is -0.279. The molecule has 2 rings (SSSR count). The van der Waals surface area contributed by atoms with Crippen molar-refractivity contribution in [1.82, 2.24) is 0 Å². The molecular formula is C12H12S2. The molecule has 0 aliphatic heterocycles. The smallest absolute Gasteiger partial charge is 0.0711 e. The third-order valence-electron chi connectivity index (χ3n) is 2.44. The number of thiol groups is 2. The predicted molar refractivity (Wildman–Crippen MR) is 68.2 cm³/mol. The SMILES string of the molecule is SC1C=CC=CC1(S)c1ccccc1. The largest absolute Gasteiger partial charge is 0.170 e. The Balaban J connectivity index is 2.42. The molecule has 1 aliphatic rings. The van der Waals surface area contributed by atoms with E-state index in [1.54, 1.807) is 0 Å². The molecular weight excluding hydrogens is 208 g/mol. The molecule has 0 bridgehead atoms. The first-order valence-electron chi connectivity index (χ1n) is 4.55. The molecule has 0 saturated carbocycles. The summed E-state index contributed by atoms with van der Waals surface area (Å²) in [6.07, 6.45) is 8.17. The van der Waals surface area contributed by atoms with Crippen LogP contribution in [0.5, 0.6) is 0 Å². The maximum Gasteiger partial charge on any atom is 0.0711 e. The van der Waals surface area contributed by atoms with Crippen LogP contribution in [-0.2, 0) is 4.75 Å². The van der Waals surface area contributed by atoms with Gasteiger partial charge in [-0.3, -0.25) is 0 Å². The Bertz CT molecular complexity index is 367. The molecule has 0 amide bonds. The Hall–Kier alpha value is -0.600. The second-order valence-corrected chi connectivity index (χ2v) is 4.68. The van der Waals surface area contributed by atoms with Gasteiger partial charge in [-0.05, 0) is 5.56 Å². The van der Waals surface area contributed by atoms with Crippen molar-refractivity contribution in [3.05, 3.63) is 60.2 Å². The van der Waals surface area contributed by atoms with E-state index in [1.165, 1.54) is 5.56 Å². The molecule has 0 nitrogen and oxygen atoms in total. The van der Waals surface area contributed by atoms with Crippen molar-refractivity contribution >= 4 is 25.3 Å². The lowest BCUT2D eigenvalue weighted by atomic mass is 9.91. The molecule has 0 aromatic heterocycles. The van der Waals surface area contributed by atoms with Crippen LogP contribution in [0.4, 0.5) is 0 Å². The Labute approximate surface area is 95.5 Å². The van der Waals surface area contributed by atoms with Crippen molar-refractivity contribution in [2.75, 3.05) is 0 Å². The van der Waals surface area contributed by atoms with Crippen LogP contribution in [0.1, 0.15) is 5.56 Å². The van der Waals surface area contributed by atoms with E-state index in [0.29, 0.717) is 0 Å². The van der Waals surface area contributed by atoms with Gasteiger partial charge in [-0.15, -0.1) is 0 Å². The van der Waals surface area contributed by atoms with Crippen molar-refractivity contribution in [3.63, 3.8) is 0 Å². The van der Waals surface area contributed by atoms with Crippen molar-refractivity contribution in [1.29, 1.82) is 0 Å². The third-order valence-corrected chi connectivity index (χ3v) is 3.91. The van der Waals surface area contributed by atoms with Gasteiger partial charge in [-0.25, -0.2) is 0 Å². The summed E-state index contributed by atoms with van der Waals surface area (Å²) in [5.41, 5.74) is 1.18. The minimum absolute atomic E-state index is 0.123. The van der Waals surface area contributed by atoms with Gasteiger partial charge < -0.3 is 0 Å². The maximum atomic E-state index is 4.72. The Morgan fingerprint density at radius 3 is 2.43 bits per heavy atom. The van der Waals surface area contributed by atoms with Gasteiger partial charge in [0.15, 0.2) is 0 Å². The Kier molecular flexibility index (Phi) is 2.75. The summed E-state index contributed by atoms with van der Waals surface area (Å²) < 4.78 is -0.279. The van der Waals surface area contributed by atoms with Crippen LogP contribution < -0.4 is 0 Å². The van der Waals surface area contributed by atoms with Gasteiger partial charge in [0.05, 0.1) is 4.75 Å². The quantitative estimate of drug-likeness (QED) is 0.667. The summed E-state index contributed by atoms with van der Waals surface area (Å²) >= 11 is 9.26. The molecule has 0 spiro atoms. The number of allylic oxidation sites excluding steroid dienone is 2. The highest BCUT2D eigenvalue weighted by Gasteiger charge is 2.31. The molecule has 0 N–H and O–H groups in total. The van der Waals surface area contributed by atoms with E-state index >= 15 is 0 Å². The zero-order valence-corrected chi connectivity index (χ0v) is 9.46. The van der Waals surface area contributed by atoms with E-state index in [2.05, 4.69) is 36.9 Å². The van der Waals surface area contributed by atoms with Gasteiger partial charge in [0.2, 0.25) is 0 Å². The highest BCUT2D eigenvalue weighted by molar-refractivity contribution is 7.85. The summed E-state index contributed by atoms with van der Waals surface area (Å²) in [7, 11) is 0. The summed E-state index contributed by atoms with van der Waals surface area (Å²) in [6, 6.07) is 10.2. The van der Waals surface area contributed by atoms with Crippen molar-refractivity contribution < 1.29 is 0 Å². The van der Waals surface area contributed by atoms with Crippen LogP contribution in [0.15, 0.2) is 54.6 Å². The van der Waals surface area contributed by atoms with Crippen molar-refractivity contribution in [2.45, 2.75) is 10.00 Å². The van der Waals surface area contributed by atoms with Gasteiger partial charge in [-0.1, -0.05) is 54.6 Å². The molecule has 1 aliphatic carbocycles. The lowest BCUT2D eigenvalue weighted by molar-refractivity contribution is 0.807. The van der Waals surface area contributed by atoms with Crippen molar-refractivity contribution in [3.8, 4) is 0 Å². The molecule has 2 atom stereocenters. The Morgan fingerprint density at radius 1 is 1.07 bits per heavy atom. The number of hydrogen-bond donors (Lipinski definition) is 2. The van der Waals surface area contributed by atoms with E-state index in [9.17, 15) is 0 Å². The van der Waals surface area contributed by atoms with Crippen LogP contribution in [0.25, 0.3) is 0 Å². The molecule has 2 unspecified atom stereocenters. The number of hydrogen-bond acceptors (Lipinski definition) is 2. The van der Waals surface area contributed by atoms with E-state index in [0.717, 1.165) is 0 Å². The molecule has 0 radical (unpaired) electrons. The average Bonchev–Trinajstić information content (AvgIpc) is 2.24. The fraction of sp³-hybridized carbons (Fsp3) is 0.167. The third kappa shape index (κ3) is 1.64. The normalized spacial score (nSPS) is 30.6. The van der Waals surface area contributed by atoms with Gasteiger partial charge in [0, 0.05) is 5.25 Å². The standard InChI is InChI=1S/C12H12S2/c13-11-8-4-5-9-12(11,14)10-6-2-1-3-7-10/h1-9,11,13-14H. The highest BCUT2D eigenvalue weighted by Crippen LogP contribution is 2.39. The first-order chi connectivity index (χ1) is 6.73. The summed E-state index contributed by atoms with van der Waals surface area (Å²) in [6.45, 7) is 0. The zero-order chi connectivity index (χ0) is 10.0. The second kappa shape index (κ2) is 3.87. The molecule has 72 valence electrons. The number of rotatable bonds is 1. The first kappa shape index (κ1) is 9.94. The molecule has 2 heteroatoms. The van der Waals surface area contributed by atoms with Crippen LogP contribution in [0.3, 0.4) is 0 Å². The van der Waals surface area contributed by atoms with Crippen LogP contribution in [0, 0.1) is 0 Å². The molecule has 0 saturated heterocycles. The molecule has 1 aromatic rings. The highest BCUT2D eigenvalue weighted by atomic mass is 32.1. The van der Waals surface area contributed by atoms with Gasteiger partial charge >= 0.3 is 0 Å².